The predicted molar refractivity (Wildman–Crippen MR) is 67.5 cm³/mol. The first-order valence-electron chi connectivity index (χ1n) is 5.45. The molecule has 3 N–H and O–H groups in total. The number of anilines is 1. The van der Waals surface area contributed by atoms with E-state index in [1.165, 1.54) is 0 Å². The Kier molecular flexibility index (Phi) is 2.26. The van der Waals surface area contributed by atoms with E-state index in [0.29, 0.717) is 6.42 Å². The summed E-state index contributed by atoms with van der Waals surface area (Å²) >= 11 is 0. The van der Waals surface area contributed by atoms with E-state index in [-0.39, 0.29) is 0 Å². The van der Waals surface area contributed by atoms with Crippen LogP contribution in [0.2, 0.25) is 0 Å². The molecule has 4 heteroatoms. The highest BCUT2D eigenvalue weighted by atomic mass is 14.9. The maximum atomic E-state index is 5.91. The third-order valence-electron chi connectivity index (χ3n) is 2.75. The molecule has 0 unspecified atom stereocenters. The van der Waals surface area contributed by atoms with Crippen LogP contribution in [0.3, 0.4) is 0 Å². The molecule has 3 aromatic rings. The number of rotatable bonds is 2. The zero-order valence-corrected chi connectivity index (χ0v) is 9.22. The van der Waals surface area contributed by atoms with Crippen LogP contribution in [-0.2, 0) is 6.42 Å². The molecule has 2 aromatic heterocycles. The summed E-state index contributed by atoms with van der Waals surface area (Å²) in [5, 5.41) is 0. The van der Waals surface area contributed by atoms with Crippen molar-refractivity contribution in [3.8, 4) is 0 Å². The molecule has 2 heterocycles. The van der Waals surface area contributed by atoms with Crippen molar-refractivity contribution in [1.82, 2.24) is 15.0 Å². The van der Waals surface area contributed by atoms with E-state index in [4.69, 9.17) is 5.73 Å². The lowest BCUT2D eigenvalue weighted by molar-refractivity contribution is 1.04. The van der Waals surface area contributed by atoms with Gasteiger partial charge in [0.1, 0.15) is 5.82 Å². The lowest BCUT2D eigenvalue weighted by atomic mass is 10.1. The van der Waals surface area contributed by atoms with Gasteiger partial charge in [0.2, 0.25) is 0 Å². The number of benzene rings is 1. The van der Waals surface area contributed by atoms with Gasteiger partial charge in [0.25, 0.3) is 0 Å². The maximum Gasteiger partial charge on any atom is 0.111 e. The highest BCUT2D eigenvalue weighted by Gasteiger charge is 2.05. The highest BCUT2D eigenvalue weighted by Crippen LogP contribution is 2.16. The van der Waals surface area contributed by atoms with Gasteiger partial charge in [-0.05, 0) is 17.7 Å². The fourth-order valence-electron chi connectivity index (χ4n) is 1.87. The van der Waals surface area contributed by atoms with Crippen LogP contribution in [0.25, 0.3) is 11.0 Å². The molecule has 0 saturated carbocycles. The second-order valence-corrected chi connectivity index (χ2v) is 3.95. The smallest absolute Gasteiger partial charge is 0.111 e. The van der Waals surface area contributed by atoms with Crippen molar-refractivity contribution >= 4 is 16.7 Å². The number of nitrogens with two attached hydrogens (primary N) is 1. The number of aromatic nitrogens is 3. The van der Waals surface area contributed by atoms with Crippen LogP contribution in [0.15, 0.2) is 42.7 Å². The molecule has 0 aliphatic carbocycles. The fourth-order valence-corrected chi connectivity index (χ4v) is 1.87. The van der Waals surface area contributed by atoms with Crippen LogP contribution in [0, 0.1) is 0 Å². The molecule has 3 rings (SSSR count). The summed E-state index contributed by atoms with van der Waals surface area (Å²) in [7, 11) is 0. The molecule has 0 atom stereocenters. The van der Waals surface area contributed by atoms with Crippen molar-refractivity contribution in [1.29, 1.82) is 0 Å². The van der Waals surface area contributed by atoms with Crippen LogP contribution in [0.5, 0.6) is 0 Å². The van der Waals surface area contributed by atoms with E-state index in [0.717, 1.165) is 28.1 Å². The van der Waals surface area contributed by atoms with Crippen LogP contribution in [-0.4, -0.2) is 15.0 Å². The Morgan fingerprint density at radius 2 is 2.06 bits per heavy atom. The standard InChI is InChI=1S/C13H12N4/c14-10-4-2-1-3-9(10)7-13-16-11-5-6-15-8-12(11)17-13/h1-6,8H,7,14H2,(H,16,17). The average molecular weight is 224 g/mol. The maximum absolute atomic E-state index is 5.91. The number of aromatic amines is 1. The predicted octanol–water partition coefficient (Wildman–Crippen LogP) is 2.13. The molecule has 0 amide bonds. The zero-order chi connectivity index (χ0) is 11.7. The Balaban J connectivity index is 1.98. The van der Waals surface area contributed by atoms with E-state index in [1.807, 2.05) is 30.3 Å². The first kappa shape index (κ1) is 9.84. The van der Waals surface area contributed by atoms with Crippen molar-refractivity contribution in [3.05, 3.63) is 54.1 Å². The summed E-state index contributed by atoms with van der Waals surface area (Å²) in [4.78, 5) is 11.8. The second-order valence-electron chi connectivity index (χ2n) is 3.95. The van der Waals surface area contributed by atoms with Crippen molar-refractivity contribution in [3.63, 3.8) is 0 Å². The minimum absolute atomic E-state index is 0.710. The Labute approximate surface area is 98.5 Å². The molecular formula is C13H12N4. The van der Waals surface area contributed by atoms with Gasteiger partial charge in [0, 0.05) is 18.3 Å². The monoisotopic (exact) mass is 224 g/mol. The number of nitrogens with zero attached hydrogens (tertiary/aromatic N) is 2. The van der Waals surface area contributed by atoms with Gasteiger partial charge < -0.3 is 10.7 Å². The van der Waals surface area contributed by atoms with E-state index in [1.54, 1.807) is 12.4 Å². The van der Waals surface area contributed by atoms with Crippen molar-refractivity contribution < 1.29 is 0 Å². The summed E-state index contributed by atoms with van der Waals surface area (Å²) in [6, 6.07) is 9.72. The van der Waals surface area contributed by atoms with Crippen molar-refractivity contribution in [2.24, 2.45) is 0 Å². The van der Waals surface area contributed by atoms with Gasteiger partial charge in [0.05, 0.1) is 17.2 Å². The molecule has 0 saturated heterocycles. The topological polar surface area (TPSA) is 67.6 Å². The quantitative estimate of drug-likeness (QED) is 0.655. The number of nitrogens with one attached hydrogen (secondary N) is 1. The molecule has 0 aliphatic rings. The van der Waals surface area contributed by atoms with Crippen molar-refractivity contribution in [2.75, 3.05) is 5.73 Å². The SMILES string of the molecule is Nc1ccccc1Cc1nc2ccncc2[nH]1. The molecule has 4 nitrogen and oxygen atoms in total. The third-order valence-corrected chi connectivity index (χ3v) is 2.75. The summed E-state index contributed by atoms with van der Waals surface area (Å²) in [5.74, 6) is 0.908. The Bertz CT molecular complexity index is 624. The first-order valence-corrected chi connectivity index (χ1v) is 5.45. The average Bonchev–Trinajstić information content (AvgIpc) is 2.74. The lowest BCUT2D eigenvalue weighted by Gasteiger charge is -2.01. The molecule has 0 bridgehead atoms. The van der Waals surface area contributed by atoms with Gasteiger partial charge in [-0.1, -0.05) is 18.2 Å². The number of imidazole rings is 1. The number of pyridine rings is 1. The van der Waals surface area contributed by atoms with Gasteiger partial charge in [-0.2, -0.15) is 0 Å². The summed E-state index contributed by atoms with van der Waals surface area (Å²) < 4.78 is 0. The van der Waals surface area contributed by atoms with Gasteiger partial charge in [-0.15, -0.1) is 0 Å². The number of fused-ring (bicyclic) bond motifs is 1. The lowest BCUT2D eigenvalue weighted by Crippen LogP contribution is -1.96. The molecule has 0 fully saturated rings. The molecule has 1 aromatic carbocycles. The molecule has 84 valence electrons. The van der Waals surface area contributed by atoms with Gasteiger partial charge in [-0.25, -0.2) is 4.98 Å². The molecule has 0 spiro atoms. The minimum atomic E-state index is 0.710. The largest absolute Gasteiger partial charge is 0.398 e. The normalized spacial score (nSPS) is 10.8. The molecule has 0 aliphatic heterocycles. The van der Waals surface area contributed by atoms with Crippen molar-refractivity contribution in [2.45, 2.75) is 6.42 Å². The van der Waals surface area contributed by atoms with Crippen LogP contribution in [0.1, 0.15) is 11.4 Å². The van der Waals surface area contributed by atoms with E-state index in [2.05, 4.69) is 15.0 Å². The number of hydrogen-bond donors (Lipinski definition) is 2. The minimum Gasteiger partial charge on any atom is -0.398 e. The Morgan fingerprint density at radius 3 is 2.88 bits per heavy atom. The highest BCUT2D eigenvalue weighted by molar-refractivity contribution is 5.73. The van der Waals surface area contributed by atoms with E-state index >= 15 is 0 Å². The first-order chi connectivity index (χ1) is 8.33. The summed E-state index contributed by atoms with van der Waals surface area (Å²) in [5.41, 5.74) is 9.68. The van der Waals surface area contributed by atoms with Gasteiger partial charge in [-0.3, -0.25) is 4.98 Å². The van der Waals surface area contributed by atoms with Gasteiger partial charge >= 0.3 is 0 Å². The molecule has 0 radical (unpaired) electrons. The molecule has 17 heavy (non-hydrogen) atoms. The second kappa shape index (κ2) is 3.90. The summed E-state index contributed by atoms with van der Waals surface area (Å²) in [6.07, 6.45) is 4.23. The van der Waals surface area contributed by atoms with Crippen LogP contribution in [0.4, 0.5) is 5.69 Å². The van der Waals surface area contributed by atoms with Crippen LogP contribution >= 0.6 is 0 Å². The Morgan fingerprint density at radius 1 is 1.18 bits per heavy atom. The summed E-state index contributed by atoms with van der Waals surface area (Å²) in [6.45, 7) is 0. The molecular weight excluding hydrogens is 212 g/mol. The number of para-hydroxylation sites is 1. The number of H-pyrrole nitrogens is 1. The number of hydrogen-bond acceptors (Lipinski definition) is 3. The Hall–Kier alpha value is -2.36. The zero-order valence-electron chi connectivity index (χ0n) is 9.22. The fraction of sp³-hybridized carbons (Fsp3) is 0.0769. The number of nitrogen functional groups attached to an aromatic ring is 1. The van der Waals surface area contributed by atoms with Crippen LogP contribution < -0.4 is 5.73 Å². The van der Waals surface area contributed by atoms with Gasteiger partial charge in [0.15, 0.2) is 0 Å². The van der Waals surface area contributed by atoms with E-state index < -0.39 is 0 Å². The third kappa shape index (κ3) is 1.85. The van der Waals surface area contributed by atoms with E-state index in [9.17, 15) is 0 Å².